The van der Waals surface area contributed by atoms with E-state index in [0.29, 0.717) is 6.04 Å². The SMILES string of the molecule is Cc1nc(C)c(C(C)NCc2c(C)nn(C)c2C)s1. The zero-order valence-corrected chi connectivity index (χ0v) is 13.4. The van der Waals surface area contributed by atoms with Crippen LogP contribution in [0.5, 0.6) is 0 Å². The first-order valence-corrected chi connectivity index (χ1v) is 7.38. The van der Waals surface area contributed by atoms with Gasteiger partial charge in [0.2, 0.25) is 0 Å². The van der Waals surface area contributed by atoms with E-state index in [1.165, 1.54) is 16.1 Å². The molecule has 0 bridgehead atoms. The van der Waals surface area contributed by atoms with E-state index in [2.05, 4.69) is 50.0 Å². The van der Waals surface area contributed by atoms with Crippen molar-refractivity contribution in [1.82, 2.24) is 20.1 Å². The minimum atomic E-state index is 0.324. The summed E-state index contributed by atoms with van der Waals surface area (Å²) in [7, 11) is 1.99. The Morgan fingerprint density at radius 1 is 1.21 bits per heavy atom. The molecule has 0 spiro atoms. The first kappa shape index (κ1) is 14.2. The Bertz CT molecular complexity index is 583. The molecule has 2 aromatic rings. The van der Waals surface area contributed by atoms with E-state index in [4.69, 9.17) is 0 Å². The van der Waals surface area contributed by atoms with Gasteiger partial charge >= 0.3 is 0 Å². The highest BCUT2D eigenvalue weighted by molar-refractivity contribution is 7.11. The Labute approximate surface area is 118 Å². The van der Waals surface area contributed by atoms with Gasteiger partial charge in [-0.15, -0.1) is 11.3 Å². The van der Waals surface area contributed by atoms with Gasteiger partial charge < -0.3 is 5.32 Å². The monoisotopic (exact) mass is 278 g/mol. The second-order valence-corrected chi connectivity index (χ2v) is 6.29. The Kier molecular flexibility index (Phi) is 4.06. The zero-order valence-electron chi connectivity index (χ0n) is 12.5. The molecular weight excluding hydrogens is 256 g/mol. The van der Waals surface area contributed by atoms with E-state index in [1.807, 2.05) is 11.7 Å². The van der Waals surface area contributed by atoms with Gasteiger partial charge in [0, 0.05) is 35.8 Å². The quantitative estimate of drug-likeness (QED) is 0.935. The number of nitrogens with one attached hydrogen (secondary N) is 1. The summed E-state index contributed by atoms with van der Waals surface area (Å²) in [6, 6.07) is 0.324. The van der Waals surface area contributed by atoms with Crippen molar-refractivity contribution in [2.45, 2.75) is 47.2 Å². The Balaban J connectivity index is 2.08. The van der Waals surface area contributed by atoms with Gasteiger partial charge in [-0.3, -0.25) is 4.68 Å². The summed E-state index contributed by atoms with van der Waals surface area (Å²) >= 11 is 1.78. The number of rotatable bonds is 4. The molecule has 104 valence electrons. The van der Waals surface area contributed by atoms with Crippen molar-refractivity contribution < 1.29 is 0 Å². The molecule has 2 aromatic heterocycles. The molecule has 0 saturated heterocycles. The van der Waals surface area contributed by atoms with Crippen molar-refractivity contribution in [2.24, 2.45) is 7.05 Å². The number of nitrogens with zero attached hydrogens (tertiary/aromatic N) is 3. The van der Waals surface area contributed by atoms with Gasteiger partial charge in [0.15, 0.2) is 0 Å². The zero-order chi connectivity index (χ0) is 14.2. The largest absolute Gasteiger partial charge is 0.305 e. The van der Waals surface area contributed by atoms with Crippen LogP contribution in [-0.4, -0.2) is 14.8 Å². The second kappa shape index (κ2) is 5.43. The smallest absolute Gasteiger partial charge is 0.0900 e. The topological polar surface area (TPSA) is 42.7 Å². The minimum Gasteiger partial charge on any atom is -0.305 e. The fourth-order valence-corrected chi connectivity index (χ4v) is 3.32. The third-order valence-corrected chi connectivity index (χ3v) is 4.83. The van der Waals surface area contributed by atoms with Crippen molar-refractivity contribution in [3.63, 3.8) is 0 Å². The van der Waals surface area contributed by atoms with E-state index in [0.717, 1.165) is 22.9 Å². The van der Waals surface area contributed by atoms with Crippen molar-refractivity contribution in [3.8, 4) is 0 Å². The molecule has 0 aromatic carbocycles. The average Bonchev–Trinajstić information content (AvgIpc) is 2.78. The summed E-state index contributed by atoms with van der Waals surface area (Å²) in [6.07, 6.45) is 0. The first-order valence-electron chi connectivity index (χ1n) is 6.56. The number of hydrogen-bond acceptors (Lipinski definition) is 4. The molecule has 2 heterocycles. The van der Waals surface area contributed by atoms with Gasteiger partial charge in [0.25, 0.3) is 0 Å². The van der Waals surface area contributed by atoms with E-state index in [9.17, 15) is 0 Å². The van der Waals surface area contributed by atoms with E-state index >= 15 is 0 Å². The Morgan fingerprint density at radius 2 is 1.89 bits per heavy atom. The van der Waals surface area contributed by atoms with Crippen LogP contribution in [-0.2, 0) is 13.6 Å². The molecule has 0 saturated carbocycles. The molecule has 1 N–H and O–H groups in total. The van der Waals surface area contributed by atoms with Crippen molar-refractivity contribution in [1.29, 1.82) is 0 Å². The van der Waals surface area contributed by atoms with Gasteiger partial charge in [-0.1, -0.05) is 0 Å². The highest BCUT2D eigenvalue weighted by atomic mass is 32.1. The maximum absolute atomic E-state index is 4.49. The van der Waals surface area contributed by atoms with Gasteiger partial charge in [-0.25, -0.2) is 4.98 Å². The van der Waals surface area contributed by atoms with Crippen LogP contribution in [0.25, 0.3) is 0 Å². The van der Waals surface area contributed by atoms with Crippen LogP contribution in [0, 0.1) is 27.7 Å². The summed E-state index contributed by atoms with van der Waals surface area (Å²) in [5.74, 6) is 0. The first-order chi connectivity index (χ1) is 8.90. The van der Waals surface area contributed by atoms with Crippen LogP contribution in [0.2, 0.25) is 0 Å². The molecule has 0 amide bonds. The molecule has 1 unspecified atom stereocenters. The molecule has 5 heteroatoms. The van der Waals surface area contributed by atoms with Crippen LogP contribution < -0.4 is 5.32 Å². The molecule has 1 atom stereocenters. The lowest BCUT2D eigenvalue weighted by Gasteiger charge is -2.13. The minimum absolute atomic E-state index is 0.324. The predicted octanol–water partition coefficient (Wildman–Crippen LogP) is 2.96. The average molecular weight is 278 g/mol. The summed E-state index contributed by atoms with van der Waals surface area (Å²) < 4.78 is 1.94. The summed E-state index contributed by atoms with van der Waals surface area (Å²) in [5.41, 5.74) is 4.78. The molecule has 4 nitrogen and oxygen atoms in total. The molecule has 0 radical (unpaired) electrons. The fraction of sp³-hybridized carbons (Fsp3) is 0.571. The van der Waals surface area contributed by atoms with E-state index in [1.54, 1.807) is 11.3 Å². The number of aryl methyl sites for hydroxylation is 4. The molecule has 0 aliphatic heterocycles. The van der Waals surface area contributed by atoms with Crippen LogP contribution >= 0.6 is 11.3 Å². The van der Waals surface area contributed by atoms with Crippen molar-refractivity contribution >= 4 is 11.3 Å². The standard InChI is InChI=1S/C14H22N4S/c1-8-13(11(4)18(6)17-8)7-15-9(2)14-10(3)16-12(5)19-14/h9,15H,7H2,1-6H3. The third-order valence-electron chi connectivity index (χ3n) is 3.58. The summed E-state index contributed by atoms with van der Waals surface area (Å²) in [5, 5.41) is 9.17. The number of hydrogen-bond donors (Lipinski definition) is 1. The van der Waals surface area contributed by atoms with Crippen LogP contribution in [0.1, 0.15) is 45.5 Å². The van der Waals surface area contributed by atoms with Gasteiger partial charge in [-0.05, 0) is 34.6 Å². The normalized spacial score (nSPS) is 12.9. The van der Waals surface area contributed by atoms with Crippen molar-refractivity contribution in [3.05, 3.63) is 32.5 Å². The van der Waals surface area contributed by atoms with Crippen LogP contribution in [0.3, 0.4) is 0 Å². The molecule has 19 heavy (non-hydrogen) atoms. The van der Waals surface area contributed by atoms with Crippen LogP contribution in [0.4, 0.5) is 0 Å². The van der Waals surface area contributed by atoms with Gasteiger partial charge in [0.1, 0.15) is 0 Å². The lowest BCUT2D eigenvalue weighted by atomic mass is 10.1. The highest BCUT2D eigenvalue weighted by Gasteiger charge is 2.15. The fourth-order valence-electron chi connectivity index (χ4n) is 2.37. The van der Waals surface area contributed by atoms with Crippen molar-refractivity contribution in [2.75, 3.05) is 0 Å². The lowest BCUT2D eigenvalue weighted by molar-refractivity contribution is 0.576. The summed E-state index contributed by atoms with van der Waals surface area (Å²) in [6.45, 7) is 11.4. The third kappa shape index (κ3) is 2.87. The number of thiazole rings is 1. The molecule has 0 aliphatic rings. The maximum Gasteiger partial charge on any atom is 0.0900 e. The van der Waals surface area contributed by atoms with Gasteiger partial charge in [-0.2, -0.15) is 5.10 Å². The van der Waals surface area contributed by atoms with Gasteiger partial charge in [0.05, 0.1) is 16.4 Å². The molecular formula is C14H22N4S. The van der Waals surface area contributed by atoms with E-state index < -0.39 is 0 Å². The molecule has 0 aliphatic carbocycles. The Morgan fingerprint density at radius 3 is 2.37 bits per heavy atom. The van der Waals surface area contributed by atoms with E-state index in [-0.39, 0.29) is 0 Å². The van der Waals surface area contributed by atoms with Crippen LogP contribution in [0.15, 0.2) is 0 Å². The molecule has 2 rings (SSSR count). The second-order valence-electron chi connectivity index (χ2n) is 5.06. The summed E-state index contributed by atoms with van der Waals surface area (Å²) in [4.78, 5) is 5.82. The highest BCUT2D eigenvalue weighted by Crippen LogP contribution is 2.25. The lowest BCUT2D eigenvalue weighted by Crippen LogP contribution is -2.18. The maximum atomic E-state index is 4.49. The Hall–Kier alpha value is -1.20. The predicted molar refractivity (Wildman–Crippen MR) is 79.5 cm³/mol. The molecule has 0 fully saturated rings. The number of aromatic nitrogens is 3.